The van der Waals surface area contributed by atoms with Gasteiger partial charge >= 0.3 is 0 Å². The number of carbonyl (C=O) groups is 1. The summed E-state index contributed by atoms with van der Waals surface area (Å²) in [7, 11) is 0. The highest BCUT2D eigenvalue weighted by molar-refractivity contribution is 6.10. The van der Waals surface area contributed by atoms with Crippen molar-refractivity contribution in [3.8, 4) is 0 Å². The van der Waals surface area contributed by atoms with Crippen LogP contribution in [0.4, 0.5) is 5.95 Å². The number of piperazine rings is 1. The summed E-state index contributed by atoms with van der Waals surface area (Å²) >= 11 is 0. The van der Waals surface area contributed by atoms with Gasteiger partial charge in [0.25, 0.3) is 0 Å². The lowest BCUT2D eigenvalue weighted by Gasteiger charge is -2.40. The Morgan fingerprint density at radius 3 is 2.39 bits per heavy atom. The zero-order valence-corrected chi connectivity index (χ0v) is 18.6. The molecular weight excluding hydrogens is 414 g/mol. The van der Waals surface area contributed by atoms with E-state index in [9.17, 15) is 9.90 Å². The molecule has 33 heavy (non-hydrogen) atoms. The number of benzene rings is 2. The highest BCUT2D eigenvalue weighted by Gasteiger charge is 2.35. The Bertz CT molecular complexity index is 1230. The SMILES string of the molecule is Cc1ccc([C@H]([C@H](O)C(=O)c2c[nH]c3ccccc23)N2CCN(c3ncccn3)CC2)cc1. The van der Waals surface area contributed by atoms with Gasteiger partial charge in [0.2, 0.25) is 5.95 Å². The smallest absolute Gasteiger partial charge is 0.225 e. The van der Waals surface area contributed by atoms with E-state index in [2.05, 4.69) is 24.8 Å². The first kappa shape index (κ1) is 21.3. The third-order valence-electron chi connectivity index (χ3n) is 6.38. The van der Waals surface area contributed by atoms with E-state index < -0.39 is 12.1 Å². The van der Waals surface area contributed by atoms with Crippen molar-refractivity contribution >= 4 is 22.6 Å². The van der Waals surface area contributed by atoms with E-state index in [4.69, 9.17) is 0 Å². The van der Waals surface area contributed by atoms with Crippen LogP contribution in [0, 0.1) is 6.92 Å². The van der Waals surface area contributed by atoms with Gasteiger partial charge < -0.3 is 15.0 Å². The van der Waals surface area contributed by atoms with Gasteiger partial charge in [-0.15, -0.1) is 0 Å². The summed E-state index contributed by atoms with van der Waals surface area (Å²) in [4.78, 5) is 29.7. The number of Topliss-reactive ketones (excluding diaryl/α,β-unsaturated/α-hetero) is 1. The molecule has 0 bridgehead atoms. The van der Waals surface area contributed by atoms with E-state index in [0.717, 1.165) is 35.1 Å². The summed E-state index contributed by atoms with van der Waals surface area (Å²) in [5.41, 5.74) is 3.48. The average Bonchev–Trinajstić information content (AvgIpc) is 3.30. The van der Waals surface area contributed by atoms with Crippen molar-refractivity contribution in [3.05, 3.63) is 89.9 Å². The minimum absolute atomic E-state index is 0.271. The molecule has 5 rings (SSSR count). The Morgan fingerprint density at radius 1 is 0.970 bits per heavy atom. The molecule has 1 aliphatic heterocycles. The van der Waals surface area contributed by atoms with Crippen LogP contribution in [0.3, 0.4) is 0 Å². The van der Waals surface area contributed by atoms with Crippen LogP contribution in [-0.4, -0.2) is 63.0 Å². The summed E-state index contributed by atoms with van der Waals surface area (Å²) in [6, 6.07) is 17.1. The maximum absolute atomic E-state index is 13.5. The molecule has 1 fully saturated rings. The first-order chi connectivity index (χ1) is 16.1. The van der Waals surface area contributed by atoms with E-state index in [-0.39, 0.29) is 5.78 Å². The Kier molecular flexibility index (Phi) is 5.90. The highest BCUT2D eigenvalue weighted by atomic mass is 16.3. The van der Waals surface area contributed by atoms with E-state index in [1.165, 1.54) is 0 Å². The molecule has 7 nitrogen and oxygen atoms in total. The predicted molar refractivity (Wildman–Crippen MR) is 128 cm³/mol. The van der Waals surface area contributed by atoms with Crippen LogP contribution in [0.1, 0.15) is 27.5 Å². The molecular formula is C26H27N5O2. The second-order valence-electron chi connectivity index (χ2n) is 8.48. The molecule has 1 saturated heterocycles. The minimum Gasteiger partial charge on any atom is -0.383 e. The van der Waals surface area contributed by atoms with Gasteiger partial charge in [-0.1, -0.05) is 48.0 Å². The fourth-order valence-corrected chi connectivity index (χ4v) is 4.59. The lowest BCUT2D eigenvalue weighted by atomic mass is 9.92. The zero-order chi connectivity index (χ0) is 22.8. The molecule has 4 aromatic rings. The summed E-state index contributed by atoms with van der Waals surface area (Å²) in [6.07, 6.45) is 4.00. The number of ketones is 1. The lowest BCUT2D eigenvalue weighted by Crippen LogP contribution is -2.51. The van der Waals surface area contributed by atoms with Gasteiger partial charge in [-0.05, 0) is 24.6 Å². The molecule has 1 aliphatic rings. The molecule has 7 heteroatoms. The average molecular weight is 442 g/mol. The summed E-state index contributed by atoms with van der Waals surface area (Å²) in [5, 5.41) is 12.3. The standard InChI is InChI=1S/C26H27N5O2/c1-18-7-9-19(10-8-18)23(30-13-15-31(16-14-30)26-27-11-4-12-28-26)25(33)24(32)21-17-29-22-6-3-2-5-20(21)22/h2-12,17,23,25,29,33H,13-16H2,1H3/t23-,25+/m1/s1. The number of para-hydroxylation sites is 1. The largest absolute Gasteiger partial charge is 0.383 e. The Morgan fingerprint density at radius 2 is 1.67 bits per heavy atom. The molecule has 168 valence electrons. The van der Waals surface area contributed by atoms with Gasteiger partial charge in [0, 0.05) is 61.2 Å². The number of nitrogens with one attached hydrogen (secondary N) is 1. The topological polar surface area (TPSA) is 85.4 Å². The first-order valence-corrected chi connectivity index (χ1v) is 11.2. The molecule has 0 spiro atoms. The van der Waals surface area contributed by atoms with Gasteiger partial charge in [0.05, 0.1) is 6.04 Å². The molecule has 0 unspecified atom stereocenters. The number of anilines is 1. The van der Waals surface area contributed by atoms with Crippen LogP contribution in [0.2, 0.25) is 0 Å². The summed E-state index contributed by atoms with van der Waals surface area (Å²) in [6.45, 7) is 4.86. The Balaban J connectivity index is 1.42. The molecule has 0 aliphatic carbocycles. The number of hydrogen-bond acceptors (Lipinski definition) is 6. The summed E-state index contributed by atoms with van der Waals surface area (Å²) < 4.78 is 0. The van der Waals surface area contributed by atoms with Crippen LogP contribution in [-0.2, 0) is 0 Å². The van der Waals surface area contributed by atoms with Crippen molar-refractivity contribution in [1.82, 2.24) is 19.9 Å². The van der Waals surface area contributed by atoms with Gasteiger partial charge in [-0.2, -0.15) is 0 Å². The first-order valence-electron chi connectivity index (χ1n) is 11.2. The fraction of sp³-hybridized carbons (Fsp3) is 0.269. The minimum atomic E-state index is -1.19. The maximum atomic E-state index is 13.5. The molecule has 2 aromatic heterocycles. The molecule has 3 heterocycles. The Hall–Kier alpha value is -3.55. The third-order valence-corrected chi connectivity index (χ3v) is 6.38. The van der Waals surface area contributed by atoms with E-state index in [1.54, 1.807) is 24.7 Å². The zero-order valence-electron chi connectivity index (χ0n) is 18.6. The number of aromatic amines is 1. The number of nitrogens with zero attached hydrogens (tertiary/aromatic N) is 4. The van der Waals surface area contributed by atoms with Gasteiger partial charge in [-0.3, -0.25) is 9.69 Å². The predicted octanol–water partition coefficient (Wildman–Crippen LogP) is 3.37. The molecule has 0 amide bonds. The normalized spacial score (nSPS) is 16.6. The van der Waals surface area contributed by atoms with Gasteiger partial charge in [-0.25, -0.2) is 9.97 Å². The molecule has 2 aromatic carbocycles. The maximum Gasteiger partial charge on any atom is 0.225 e. The van der Waals surface area contributed by atoms with Crippen LogP contribution in [0.5, 0.6) is 0 Å². The number of H-pyrrole nitrogens is 1. The van der Waals surface area contributed by atoms with Gasteiger partial charge in [0.1, 0.15) is 6.10 Å². The van der Waals surface area contributed by atoms with Crippen molar-refractivity contribution in [2.45, 2.75) is 19.1 Å². The van der Waals surface area contributed by atoms with Crippen LogP contribution < -0.4 is 4.90 Å². The van der Waals surface area contributed by atoms with Crippen molar-refractivity contribution in [2.24, 2.45) is 0 Å². The lowest BCUT2D eigenvalue weighted by molar-refractivity contribution is 0.0365. The van der Waals surface area contributed by atoms with Crippen LogP contribution in [0.15, 0.2) is 73.2 Å². The van der Waals surface area contributed by atoms with E-state index >= 15 is 0 Å². The molecule has 2 atom stereocenters. The van der Waals surface area contributed by atoms with Crippen LogP contribution in [0.25, 0.3) is 10.9 Å². The van der Waals surface area contributed by atoms with Gasteiger partial charge in [0.15, 0.2) is 5.78 Å². The molecule has 0 saturated carbocycles. The number of aliphatic hydroxyl groups excluding tert-OH is 1. The van der Waals surface area contributed by atoms with E-state index in [1.807, 2.05) is 55.5 Å². The number of aromatic nitrogens is 3. The summed E-state index contributed by atoms with van der Waals surface area (Å²) in [5.74, 6) is 0.436. The second-order valence-corrected chi connectivity index (χ2v) is 8.48. The quantitative estimate of drug-likeness (QED) is 0.446. The van der Waals surface area contributed by atoms with Crippen LogP contribution >= 0.6 is 0 Å². The third kappa shape index (κ3) is 4.25. The van der Waals surface area contributed by atoms with Crippen molar-refractivity contribution in [2.75, 3.05) is 31.1 Å². The number of aryl methyl sites for hydroxylation is 1. The number of fused-ring (bicyclic) bond motifs is 1. The fourth-order valence-electron chi connectivity index (χ4n) is 4.59. The molecule has 2 N–H and O–H groups in total. The molecule has 0 radical (unpaired) electrons. The number of rotatable bonds is 6. The van der Waals surface area contributed by atoms with Crippen molar-refractivity contribution < 1.29 is 9.90 Å². The second kappa shape index (κ2) is 9.13. The number of aliphatic hydroxyl groups is 1. The number of hydrogen-bond donors (Lipinski definition) is 2. The Labute approximate surface area is 192 Å². The monoisotopic (exact) mass is 441 g/mol. The van der Waals surface area contributed by atoms with Crippen molar-refractivity contribution in [1.29, 1.82) is 0 Å². The highest BCUT2D eigenvalue weighted by Crippen LogP contribution is 2.30. The van der Waals surface area contributed by atoms with Crippen molar-refractivity contribution in [3.63, 3.8) is 0 Å². The number of carbonyl (C=O) groups excluding carboxylic acids is 1. The van der Waals surface area contributed by atoms with E-state index in [0.29, 0.717) is 24.6 Å².